The monoisotopic (exact) mass is 276 g/mol. The molecule has 4 heteroatoms. The predicted molar refractivity (Wildman–Crippen MR) is 72.9 cm³/mol. The van der Waals surface area contributed by atoms with E-state index in [0.717, 1.165) is 12.0 Å². The number of esters is 1. The quantitative estimate of drug-likeness (QED) is 0.572. The summed E-state index contributed by atoms with van der Waals surface area (Å²) in [4.78, 5) is 24.2. The fourth-order valence-corrected chi connectivity index (χ4v) is 4.36. The molecule has 4 atom stereocenters. The van der Waals surface area contributed by atoms with E-state index in [2.05, 4.69) is 6.08 Å². The smallest absolute Gasteiger partial charge is 0.307 e. The molecule has 0 bridgehead atoms. The van der Waals surface area contributed by atoms with Gasteiger partial charge in [0.25, 0.3) is 0 Å². The van der Waals surface area contributed by atoms with Gasteiger partial charge in [0.15, 0.2) is 11.9 Å². The summed E-state index contributed by atoms with van der Waals surface area (Å²) in [6.45, 7) is 4.49. The summed E-state index contributed by atoms with van der Waals surface area (Å²) >= 11 is 0. The van der Waals surface area contributed by atoms with Crippen molar-refractivity contribution < 1.29 is 19.1 Å². The topological polar surface area (TPSA) is 52.6 Å². The molecule has 2 aliphatic carbocycles. The highest BCUT2D eigenvalue weighted by atomic mass is 16.6. The van der Waals surface area contributed by atoms with E-state index in [-0.39, 0.29) is 23.6 Å². The van der Waals surface area contributed by atoms with E-state index in [1.165, 1.54) is 5.57 Å². The molecule has 0 amide bonds. The molecule has 0 aromatic carbocycles. The molecule has 1 fully saturated rings. The highest BCUT2D eigenvalue weighted by Gasteiger charge is 2.61. The van der Waals surface area contributed by atoms with Crippen molar-refractivity contribution in [2.75, 3.05) is 13.7 Å². The Morgan fingerprint density at radius 3 is 2.75 bits per heavy atom. The maximum atomic E-state index is 12.4. The van der Waals surface area contributed by atoms with Crippen molar-refractivity contribution >= 4 is 11.8 Å². The zero-order valence-electron chi connectivity index (χ0n) is 12.1. The lowest BCUT2D eigenvalue weighted by molar-refractivity contribution is -0.191. The van der Waals surface area contributed by atoms with Crippen LogP contribution in [0.1, 0.15) is 26.7 Å². The first-order valence-corrected chi connectivity index (χ1v) is 7.07. The summed E-state index contributed by atoms with van der Waals surface area (Å²) in [6.07, 6.45) is 4.39. The molecular formula is C16H20O4. The minimum atomic E-state index is -0.689. The lowest BCUT2D eigenvalue weighted by Crippen LogP contribution is -2.62. The second-order valence-corrected chi connectivity index (χ2v) is 6.20. The minimum Gasteiger partial charge on any atom is -0.453 e. The molecule has 0 aromatic rings. The lowest BCUT2D eigenvalue weighted by atomic mass is 9.52. The molecule has 1 aliphatic heterocycles. The summed E-state index contributed by atoms with van der Waals surface area (Å²) in [6, 6.07) is 0. The van der Waals surface area contributed by atoms with Gasteiger partial charge in [-0.25, -0.2) is 0 Å². The Morgan fingerprint density at radius 1 is 1.30 bits per heavy atom. The van der Waals surface area contributed by atoms with Gasteiger partial charge in [-0.15, -0.1) is 0 Å². The molecule has 0 spiro atoms. The first-order chi connectivity index (χ1) is 9.50. The maximum Gasteiger partial charge on any atom is 0.307 e. The van der Waals surface area contributed by atoms with Crippen LogP contribution >= 0.6 is 0 Å². The van der Waals surface area contributed by atoms with Crippen molar-refractivity contribution in [1.29, 1.82) is 0 Å². The molecule has 3 rings (SSSR count). The highest BCUT2D eigenvalue weighted by molar-refractivity contribution is 5.98. The molecule has 0 N–H and O–H groups in total. The Morgan fingerprint density at radius 2 is 2.05 bits per heavy atom. The summed E-state index contributed by atoms with van der Waals surface area (Å²) < 4.78 is 10.9. The first kappa shape index (κ1) is 13.6. The summed E-state index contributed by atoms with van der Waals surface area (Å²) in [5.74, 6) is -0.114. The molecule has 0 aromatic heterocycles. The highest BCUT2D eigenvalue weighted by Crippen LogP contribution is 2.57. The van der Waals surface area contributed by atoms with Crippen molar-refractivity contribution in [3.05, 3.63) is 23.3 Å². The summed E-state index contributed by atoms with van der Waals surface area (Å²) in [7, 11) is 1.65. The Bertz CT molecular complexity index is 519. The number of hydrogen-bond acceptors (Lipinski definition) is 4. The van der Waals surface area contributed by atoms with Crippen LogP contribution in [0.4, 0.5) is 0 Å². The van der Waals surface area contributed by atoms with Gasteiger partial charge in [-0.05, 0) is 32.3 Å². The van der Waals surface area contributed by atoms with E-state index in [9.17, 15) is 9.59 Å². The fourth-order valence-electron chi connectivity index (χ4n) is 4.36. The van der Waals surface area contributed by atoms with Gasteiger partial charge in [0.1, 0.15) is 0 Å². The Labute approximate surface area is 118 Å². The number of hydrogen-bond donors (Lipinski definition) is 0. The van der Waals surface area contributed by atoms with E-state index >= 15 is 0 Å². The molecule has 1 saturated heterocycles. The van der Waals surface area contributed by atoms with Gasteiger partial charge < -0.3 is 9.47 Å². The lowest BCUT2D eigenvalue weighted by Gasteiger charge is -2.55. The molecule has 20 heavy (non-hydrogen) atoms. The van der Waals surface area contributed by atoms with E-state index in [0.29, 0.717) is 13.0 Å². The number of allylic oxidation sites excluding steroid dienone is 3. The Balaban J connectivity index is 2.19. The normalized spacial score (nSPS) is 39.6. The fraction of sp³-hybridized carbons (Fsp3) is 0.625. The summed E-state index contributed by atoms with van der Waals surface area (Å²) in [5.41, 5.74) is 1.84. The van der Waals surface area contributed by atoms with Crippen LogP contribution in [0, 0.1) is 17.3 Å². The molecule has 4 nitrogen and oxygen atoms in total. The number of ether oxygens (including phenoxy) is 2. The van der Waals surface area contributed by atoms with Crippen LogP contribution in [-0.4, -0.2) is 31.6 Å². The predicted octanol–water partition coefficient (Wildman–Crippen LogP) is 2.05. The van der Waals surface area contributed by atoms with Gasteiger partial charge in [-0.3, -0.25) is 9.59 Å². The zero-order chi connectivity index (χ0) is 14.5. The van der Waals surface area contributed by atoms with Crippen molar-refractivity contribution in [2.45, 2.75) is 32.8 Å². The minimum absolute atomic E-state index is 0.0417. The van der Waals surface area contributed by atoms with Crippen LogP contribution < -0.4 is 0 Å². The van der Waals surface area contributed by atoms with Gasteiger partial charge in [-0.2, -0.15) is 0 Å². The number of rotatable bonds is 2. The van der Waals surface area contributed by atoms with Crippen LogP contribution in [0.25, 0.3) is 0 Å². The van der Waals surface area contributed by atoms with Crippen LogP contribution in [0.15, 0.2) is 23.3 Å². The van der Waals surface area contributed by atoms with Gasteiger partial charge in [0.2, 0.25) is 0 Å². The van der Waals surface area contributed by atoms with Crippen LogP contribution in [-0.2, 0) is 19.1 Å². The zero-order valence-corrected chi connectivity index (χ0v) is 12.1. The Hall–Kier alpha value is -1.42. The second-order valence-electron chi connectivity index (χ2n) is 6.20. The SMILES string of the molecule is COCC12C3CC=C(C)C1CC(=O)OC2C(=O)C=C3C. The van der Waals surface area contributed by atoms with Crippen molar-refractivity contribution in [2.24, 2.45) is 17.3 Å². The van der Waals surface area contributed by atoms with E-state index in [1.54, 1.807) is 13.2 Å². The summed E-state index contributed by atoms with van der Waals surface area (Å²) in [5, 5.41) is 0. The standard InChI is InChI=1S/C16H20O4/c1-9-4-5-11-10(2)6-13(17)15-16(11,8-19-3)12(9)7-14(18)20-15/h4,6,11-12,15H,5,7-8H2,1-3H3. The molecular weight excluding hydrogens is 256 g/mol. The average molecular weight is 276 g/mol. The third kappa shape index (κ3) is 1.64. The second kappa shape index (κ2) is 4.55. The van der Waals surface area contributed by atoms with Crippen molar-refractivity contribution in [1.82, 2.24) is 0 Å². The molecule has 0 radical (unpaired) electrons. The molecule has 1 heterocycles. The van der Waals surface area contributed by atoms with Gasteiger partial charge in [0, 0.05) is 13.0 Å². The van der Waals surface area contributed by atoms with E-state index in [1.807, 2.05) is 13.8 Å². The maximum absolute atomic E-state index is 12.4. The average Bonchev–Trinajstić information content (AvgIpc) is 2.38. The van der Waals surface area contributed by atoms with Crippen LogP contribution in [0.3, 0.4) is 0 Å². The Kier molecular flexibility index (Phi) is 3.09. The van der Waals surface area contributed by atoms with Crippen molar-refractivity contribution in [3.8, 4) is 0 Å². The van der Waals surface area contributed by atoms with E-state index < -0.39 is 11.5 Å². The van der Waals surface area contributed by atoms with Crippen LogP contribution in [0.2, 0.25) is 0 Å². The largest absolute Gasteiger partial charge is 0.453 e. The molecule has 4 unspecified atom stereocenters. The van der Waals surface area contributed by atoms with Gasteiger partial charge in [-0.1, -0.05) is 17.2 Å². The van der Waals surface area contributed by atoms with Crippen molar-refractivity contribution in [3.63, 3.8) is 0 Å². The third-order valence-corrected chi connectivity index (χ3v) is 5.20. The molecule has 108 valence electrons. The molecule has 0 saturated carbocycles. The number of methoxy groups -OCH3 is 1. The van der Waals surface area contributed by atoms with E-state index in [4.69, 9.17) is 9.47 Å². The third-order valence-electron chi connectivity index (χ3n) is 5.20. The first-order valence-electron chi connectivity index (χ1n) is 7.07. The number of carbonyl (C=O) groups excluding carboxylic acids is 2. The number of carbonyl (C=O) groups is 2. The van der Waals surface area contributed by atoms with Crippen LogP contribution in [0.5, 0.6) is 0 Å². The molecule has 3 aliphatic rings. The van der Waals surface area contributed by atoms with Gasteiger partial charge in [0.05, 0.1) is 18.4 Å². The number of ketones is 1. The van der Waals surface area contributed by atoms with Gasteiger partial charge >= 0.3 is 5.97 Å².